The Bertz CT molecular complexity index is 470. The van der Waals surface area contributed by atoms with Crippen molar-refractivity contribution in [3.8, 4) is 0 Å². The van der Waals surface area contributed by atoms with E-state index in [2.05, 4.69) is 19.2 Å². The lowest BCUT2D eigenvalue weighted by molar-refractivity contribution is -0.123. The number of carbonyl (C=O) groups is 1. The SMILES string of the molecule is CC(C)C(NC(=O)C1CC1(Cl)Cl)c1ccc(Cl)cc1. The van der Waals surface area contributed by atoms with Gasteiger partial charge in [0.25, 0.3) is 0 Å². The maximum Gasteiger partial charge on any atom is 0.226 e. The molecule has 2 atom stereocenters. The van der Waals surface area contributed by atoms with Crippen LogP contribution in [0.3, 0.4) is 0 Å². The molecule has 0 aliphatic heterocycles. The van der Waals surface area contributed by atoms with Gasteiger partial charge in [0, 0.05) is 5.02 Å². The van der Waals surface area contributed by atoms with Crippen molar-refractivity contribution in [3.05, 3.63) is 34.9 Å². The lowest BCUT2D eigenvalue weighted by Gasteiger charge is -2.23. The van der Waals surface area contributed by atoms with Crippen molar-refractivity contribution >= 4 is 40.7 Å². The second kappa shape index (κ2) is 5.51. The fraction of sp³-hybridized carbons (Fsp3) is 0.500. The van der Waals surface area contributed by atoms with Crippen LogP contribution in [0.1, 0.15) is 31.9 Å². The van der Waals surface area contributed by atoms with Crippen molar-refractivity contribution in [1.29, 1.82) is 0 Å². The molecule has 1 aromatic rings. The molecule has 1 aliphatic carbocycles. The van der Waals surface area contributed by atoms with Gasteiger partial charge in [0.2, 0.25) is 5.91 Å². The molecule has 1 fully saturated rings. The van der Waals surface area contributed by atoms with Gasteiger partial charge < -0.3 is 5.32 Å². The highest BCUT2D eigenvalue weighted by Crippen LogP contribution is 2.53. The van der Waals surface area contributed by atoms with E-state index in [1.54, 1.807) is 0 Å². The van der Waals surface area contributed by atoms with Crippen LogP contribution >= 0.6 is 34.8 Å². The van der Waals surface area contributed by atoms with E-state index in [9.17, 15) is 4.79 Å². The third-order valence-corrected chi connectivity index (χ3v) is 4.42. The summed E-state index contributed by atoms with van der Waals surface area (Å²) in [6.45, 7) is 4.11. The Labute approximate surface area is 128 Å². The lowest BCUT2D eigenvalue weighted by Crippen LogP contribution is -2.33. The van der Waals surface area contributed by atoms with Crippen LogP contribution in [0.4, 0.5) is 0 Å². The predicted molar refractivity (Wildman–Crippen MR) is 79.7 cm³/mol. The molecule has 0 radical (unpaired) electrons. The summed E-state index contributed by atoms with van der Waals surface area (Å²) in [6.07, 6.45) is 0.521. The standard InChI is InChI=1S/C14H16Cl3NO/c1-8(2)12(9-3-5-10(15)6-4-9)18-13(19)11-7-14(11,16)17/h3-6,8,11-12H,7H2,1-2H3,(H,18,19). The predicted octanol–water partition coefficient (Wildman–Crippen LogP) is 4.35. The molecule has 1 amide bonds. The summed E-state index contributed by atoms with van der Waals surface area (Å²) >= 11 is 17.7. The number of rotatable bonds is 4. The van der Waals surface area contributed by atoms with Gasteiger partial charge in [0.05, 0.1) is 12.0 Å². The molecule has 2 nitrogen and oxygen atoms in total. The molecule has 1 aromatic carbocycles. The zero-order valence-corrected chi connectivity index (χ0v) is 13.1. The number of nitrogens with one attached hydrogen (secondary N) is 1. The smallest absolute Gasteiger partial charge is 0.226 e. The van der Waals surface area contributed by atoms with Crippen LogP contribution < -0.4 is 5.32 Å². The zero-order valence-electron chi connectivity index (χ0n) is 10.8. The first-order valence-corrected chi connectivity index (χ1v) is 7.38. The van der Waals surface area contributed by atoms with Gasteiger partial charge in [-0.1, -0.05) is 37.6 Å². The number of benzene rings is 1. The maximum absolute atomic E-state index is 12.1. The highest BCUT2D eigenvalue weighted by molar-refractivity contribution is 6.52. The van der Waals surface area contributed by atoms with Crippen molar-refractivity contribution in [2.75, 3.05) is 0 Å². The van der Waals surface area contributed by atoms with Crippen LogP contribution in [0.5, 0.6) is 0 Å². The number of amides is 1. The first-order valence-electron chi connectivity index (χ1n) is 6.25. The molecule has 0 saturated heterocycles. The largest absolute Gasteiger partial charge is 0.349 e. The van der Waals surface area contributed by atoms with Gasteiger partial charge in [-0.05, 0) is 30.0 Å². The van der Waals surface area contributed by atoms with Crippen molar-refractivity contribution in [2.45, 2.75) is 30.6 Å². The third kappa shape index (κ3) is 3.56. The van der Waals surface area contributed by atoms with E-state index in [1.807, 2.05) is 24.3 Å². The fourth-order valence-electron chi connectivity index (χ4n) is 2.06. The number of halogens is 3. The van der Waals surface area contributed by atoms with Gasteiger partial charge in [-0.25, -0.2) is 0 Å². The van der Waals surface area contributed by atoms with Crippen molar-refractivity contribution < 1.29 is 4.79 Å². The van der Waals surface area contributed by atoms with E-state index < -0.39 is 4.33 Å². The molecule has 0 heterocycles. The highest BCUT2D eigenvalue weighted by Gasteiger charge is 2.56. The quantitative estimate of drug-likeness (QED) is 0.821. The van der Waals surface area contributed by atoms with Crippen LogP contribution in [0.2, 0.25) is 5.02 Å². The minimum atomic E-state index is -0.883. The number of hydrogen-bond acceptors (Lipinski definition) is 1. The minimum Gasteiger partial charge on any atom is -0.349 e. The highest BCUT2D eigenvalue weighted by atomic mass is 35.5. The first kappa shape index (κ1) is 15.0. The third-order valence-electron chi connectivity index (χ3n) is 3.34. The normalized spacial score (nSPS) is 22.1. The molecule has 0 bridgehead atoms. The molecule has 1 N–H and O–H groups in total. The first-order chi connectivity index (χ1) is 8.81. The summed E-state index contributed by atoms with van der Waals surface area (Å²) in [6, 6.07) is 7.43. The van der Waals surface area contributed by atoms with E-state index in [1.165, 1.54) is 0 Å². The average molecular weight is 321 g/mol. The molecule has 2 unspecified atom stereocenters. The van der Waals surface area contributed by atoms with Crippen LogP contribution in [-0.4, -0.2) is 10.2 Å². The molecule has 1 aliphatic rings. The number of carbonyl (C=O) groups excluding carboxylic acids is 1. The van der Waals surface area contributed by atoms with Gasteiger partial charge in [-0.15, -0.1) is 23.2 Å². The molecule has 5 heteroatoms. The summed E-state index contributed by atoms with van der Waals surface area (Å²) in [5.41, 5.74) is 1.03. The molecular weight excluding hydrogens is 305 g/mol. The Morgan fingerprint density at radius 3 is 2.26 bits per heavy atom. The Kier molecular flexibility index (Phi) is 4.34. The fourth-order valence-corrected chi connectivity index (χ4v) is 2.69. The molecule has 0 aromatic heterocycles. The zero-order chi connectivity index (χ0) is 14.2. The van der Waals surface area contributed by atoms with Gasteiger partial charge in [-0.3, -0.25) is 4.79 Å². The Morgan fingerprint density at radius 1 is 1.32 bits per heavy atom. The summed E-state index contributed by atoms with van der Waals surface area (Å²) in [5, 5.41) is 3.70. The number of hydrogen-bond donors (Lipinski definition) is 1. The molecule has 2 rings (SSSR count). The maximum atomic E-state index is 12.1. The van der Waals surface area contributed by atoms with E-state index in [-0.39, 0.29) is 23.8 Å². The van der Waals surface area contributed by atoms with Crippen molar-refractivity contribution in [2.24, 2.45) is 11.8 Å². The summed E-state index contributed by atoms with van der Waals surface area (Å²) < 4.78 is -0.883. The van der Waals surface area contributed by atoms with Crippen LogP contribution in [-0.2, 0) is 4.79 Å². The average Bonchev–Trinajstić information content (AvgIpc) is 2.96. The topological polar surface area (TPSA) is 29.1 Å². The summed E-state index contributed by atoms with van der Waals surface area (Å²) in [5.74, 6) is -0.119. The van der Waals surface area contributed by atoms with E-state index >= 15 is 0 Å². The second-order valence-corrected chi connectivity index (χ2v) is 7.28. The Morgan fingerprint density at radius 2 is 1.84 bits per heavy atom. The lowest BCUT2D eigenvalue weighted by atomic mass is 9.96. The van der Waals surface area contributed by atoms with Crippen molar-refractivity contribution in [1.82, 2.24) is 5.32 Å². The van der Waals surface area contributed by atoms with Gasteiger partial charge in [0.15, 0.2) is 0 Å². The molecule has 19 heavy (non-hydrogen) atoms. The molecule has 1 saturated carbocycles. The van der Waals surface area contributed by atoms with Gasteiger partial charge >= 0.3 is 0 Å². The molecule has 0 spiro atoms. The Hall–Kier alpha value is -0.440. The monoisotopic (exact) mass is 319 g/mol. The minimum absolute atomic E-state index is 0.0606. The van der Waals surface area contributed by atoms with Gasteiger partial charge in [-0.2, -0.15) is 0 Å². The van der Waals surface area contributed by atoms with E-state index in [0.717, 1.165) is 5.56 Å². The van der Waals surface area contributed by atoms with Crippen LogP contribution in [0, 0.1) is 11.8 Å². The molecule has 104 valence electrons. The van der Waals surface area contributed by atoms with Crippen LogP contribution in [0.15, 0.2) is 24.3 Å². The van der Waals surface area contributed by atoms with Crippen LogP contribution in [0.25, 0.3) is 0 Å². The van der Waals surface area contributed by atoms with E-state index in [4.69, 9.17) is 34.8 Å². The second-order valence-electron chi connectivity index (χ2n) is 5.30. The Balaban J connectivity index is 2.09. The summed E-state index contributed by atoms with van der Waals surface area (Å²) in [4.78, 5) is 12.1. The number of alkyl halides is 2. The van der Waals surface area contributed by atoms with E-state index in [0.29, 0.717) is 11.4 Å². The van der Waals surface area contributed by atoms with Gasteiger partial charge in [0.1, 0.15) is 4.33 Å². The summed E-state index contributed by atoms with van der Waals surface area (Å²) in [7, 11) is 0. The molecular formula is C14H16Cl3NO. The van der Waals surface area contributed by atoms with Crippen molar-refractivity contribution in [3.63, 3.8) is 0 Å².